The Morgan fingerprint density at radius 2 is 2.27 bits per heavy atom. The van der Waals surface area contributed by atoms with E-state index in [9.17, 15) is 13.2 Å². The van der Waals surface area contributed by atoms with Crippen molar-refractivity contribution < 1.29 is 13.2 Å². The molecule has 0 spiro atoms. The van der Waals surface area contributed by atoms with Crippen LogP contribution in [0.2, 0.25) is 0 Å². The van der Waals surface area contributed by atoms with Gasteiger partial charge < -0.3 is 4.90 Å². The van der Waals surface area contributed by atoms with E-state index in [4.69, 9.17) is 0 Å². The van der Waals surface area contributed by atoms with E-state index in [0.29, 0.717) is 11.2 Å². The van der Waals surface area contributed by atoms with Gasteiger partial charge >= 0.3 is 6.18 Å². The van der Waals surface area contributed by atoms with Crippen molar-refractivity contribution in [3.63, 3.8) is 0 Å². The molecule has 1 N–H and O–H groups in total. The molecule has 2 heterocycles. The lowest BCUT2D eigenvalue weighted by Gasteiger charge is -2.25. The van der Waals surface area contributed by atoms with Crippen molar-refractivity contribution in [1.29, 1.82) is 0 Å². The molecule has 2 rings (SSSR count). The normalized spacial score (nSPS) is 24.5. The van der Waals surface area contributed by atoms with Crippen molar-refractivity contribution in [1.82, 2.24) is 10.3 Å². The maximum atomic E-state index is 12.4. The molecule has 0 aromatic rings. The first kappa shape index (κ1) is 10.5. The number of nitrogens with one attached hydrogen (secondary N) is 1. The molecule has 15 heavy (non-hydrogen) atoms. The number of rotatable bonds is 1. The Hall–Kier alpha value is -0.980. The first-order valence-electron chi connectivity index (χ1n) is 4.16. The van der Waals surface area contributed by atoms with E-state index in [1.54, 1.807) is 0 Å². The van der Waals surface area contributed by atoms with Crippen LogP contribution < -0.4 is 5.43 Å². The first-order valence-corrected chi connectivity index (χ1v) is 5.28. The molecule has 1 atom stereocenters. The van der Waals surface area contributed by atoms with Crippen LogP contribution in [0.25, 0.3) is 0 Å². The highest BCUT2D eigenvalue weighted by atomic mass is 79.9. The second-order valence-corrected chi connectivity index (χ2v) is 3.64. The monoisotopic (exact) mass is 281 g/mol. The lowest BCUT2D eigenvalue weighted by molar-refractivity contribution is -0.0894. The molecule has 1 unspecified atom stereocenters. The summed E-state index contributed by atoms with van der Waals surface area (Å²) in [5, 5.41) is 4.31. The van der Waals surface area contributed by atoms with Gasteiger partial charge in [-0.3, -0.25) is 5.43 Å². The number of nitrogens with zero attached hydrogens (tertiary/aromatic N) is 2. The molecule has 0 aromatic carbocycles. The topological polar surface area (TPSA) is 27.6 Å². The summed E-state index contributed by atoms with van der Waals surface area (Å²) < 4.78 is 37.2. The minimum absolute atomic E-state index is 0.302. The molecular formula is C8H7BrF3N3. The van der Waals surface area contributed by atoms with E-state index in [0.717, 1.165) is 12.3 Å². The van der Waals surface area contributed by atoms with Crippen molar-refractivity contribution in [2.24, 2.45) is 5.10 Å². The van der Waals surface area contributed by atoms with Gasteiger partial charge in [0.25, 0.3) is 0 Å². The van der Waals surface area contributed by atoms with Gasteiger partial charge in [0.15, 0.2) is 0 Å². The Balaban J connectivity index is 2.26. The van der Waals surface area contributed by atoms with Gasteiger partial charge in [-0.1, -0.05) is 15.9 Å². The maximum Gasteiger partial charge on any atom is 0.417 e. The van der Waals surface area contributed by atoms with E-state index in [-0.39, 0.29) is 6.17 Å². The van der Waals surface area contributed by atoms with Crippen molar-refractivity contribution in [2.45, 2.75) is 12.3 Å². The van der Waals surface area contributed by atoms with Gasteiger partial charge in [-0.25, -0.2) is 0 Å². The summed E-state index contributed by atoms with van der Waals surface area (Å²) in [4.78, 5) is 1.46. The van der Waals surface area contributed by atoms with Gasteiger partial charge in [-0.05, 0) is 12.2 Å². The third kappa shape index (κ3) is 1.88. The Morgan fingerprint density at radius 1 is 1.53 bits per heavy atom. The van der Waals surface area contributed by atoms with Gasteiger partial charge in [0.1, 0.15) is 12.0 Å². The van der Waals surface area contributed by atoms with Crippen molar-refractivity contribution in [3.8, 4) is 0 Å². The van der Waals surface area contributed by atoms with E-state index in [1.165, 1.54) is 11.0 Å². The number of allylic oxidation sites excluding steroid dienone is 2. The molecule has 2 aliphatic heterocycles. The highest BCUT2D eigenvalue weighted by Gasteiger charge is 2.36. The fourth-order valence-electron chi connectivity index (χ4n) is 1.37. The van der Waals surface area contributed by atoms with Crippen LogP contribution in [0.15, 0.2) is 29.0 Å². The fraction of sp³-hybridized carbons (Fsp3) is 0.375. The summed E-state index contributed by atoms with van der Waals surface area (Å²) in [6, 6.07) is 0. The second kappa shape index (κ2) is 3.55. The lowest BCUT2D eigenvalue weighted by Crippen LogP contribution is -2.38. The summed E-state index contributed by atoms with van der Waals surface area (Å²) in [7, 11) is 0. The summed E-state index contributed by atoms with van der Waals surface area (Å²) in [6.07, 6.45) is -1.07. The molecule has 0 fully saturated rings. The van der Waals surface area contributed by atoms with Crippen LogP contribution in [0.1, 0.15) is 0 Å². The smallest absolute Gasteiger partial charge is 0.308 e. The molecule has 0 saturated heterocycles. The molecule has 0 radical (unpaired) electrons. The summed E-state index contributed by atoms with van der Waals surface area (Å²) in [6.45, 7) is 0. The van der Waals surface area contributed by atoms with Crippen LogP contribution in [-0.4, -0.2) is 28.4 Å². The largest absolute Gasteiger partial charge is 0.417 e. The van der Waals surface area contributed by atoms with E-state index in [2.05, 4.69) is 26.5 Å². The minimum Gasteiger partial charge on any atom is -0.308 e. The van der Waals surface area contributed by atoms with Crippen LogP contribution in [0, 0.1) is 0 Å². The minimum atomic E-state index is -4.32. The molecule has 0 saturated carbocycles. The lowest BCUT2D eigenvalue weighted by atomic mass is 10.1. The zero-order valence-electron chi connectivity index (χ0n) is 7.42. The number of hydrogen-bond donors (Lipinski definition) is 1. The number of amidine groups is 1. The molecule has 7 heteroatoms. The summed E-state index contributed by atoms with van der Waals surface area (Å²) >= 11 is 3.16. The van der Waals surface area contributed by atoms with Crippen LogP contribution in [0.3, 0.4) is 0 Å². The zero-order chi connectivity index (χ0) is 11.1. The van der Waals surface area contributed by atoms with Crippen LogP contribution in [-0.2, 0) is 0 Å². The predicted molar refractivity (Wildman–Crippen MR) is 53.3 cm³/mol. The highest BCUT2D eigenvalue weighted by molar-refractivity contribution is 9.09. The SMILES string of the molecule is FC(F)(F)C1=CN2C(CBr)=NNC2C=C1. The third-order valence-corrected chi connectivity index (χ3v) is 2.61. The standard InChI is InChI=1S/C8H7BrF3N3/c9-3-7-14-13-6-2-1-5(4-15(6)7)8(10,11)12/h1-2,4,6,13H,3H2. The van der Waals surface area contributed by atoms with Gasteiger partial charge in [0.05, 0.1) is 10.9 Å². The fourth-order valence-corrected chi connectivity index (χ4v) is 1.78. The van der Waals surface area contributed by atoms with E-state index in [1.807, 2.05) is 0 Å². The van der Waals surface area contributed by atoms with Crippen molar-refractivity contribution in [3.05, 3.63) is 23.9 Å². The Bertz CT molecular complexity index is 359. The number of fused-ring (bicyclic) bond motifs is 1. The van der Waals surface area contributed by atoms with Crippen LogP contribution in [0.4, 0.5) is 13.2 Å². The number of hydrogen-bond acceptors (Lipinski definition) is 3. The number of halogens is 4. The second-order valence-electron chi connectivity index (χ2n) is 3.08. The van der Waals surface area contributed by atoms with Crippen LogP contribution >= 0.6 is 15.9 Å². The molecular weight excluding hydrogens is 275 g/mol. The molecule has 3 nitrogen and oxygen atoms in total. The van der Waals surface area contributed by atoms with E-state index >= 15 is 0 Å². The average Bonchev–Trinajstić information content (AvgIpc) is 2.57. The Morgan fingerprint density at radius 3 is 2.87 bits per heavy atom. The molecule has 2 aliphatic rings. The van der Waals surface area contributed by atoms with Crippen LogP contribution in [0.5, 0.6) is 0 Å². The molecule has 82 valence electrons. The van der Waals surface area contributed by atoms with Gasteiger partial charge in [-0.2, -0.15) is 18.3 Å². The third-order valence-electron chi connectivity index (χ3n) is 2.11. The Kier molecular flexibility index (Phi) is 2.49. The van der Waals surface area contributed by atoms with Gasteiger partial charge in [0.2, 0.25) is 0 Å². The van der Waals surface area contributed by atoms with Crippen molar-refractivity contribution >= 4 is 21.8 Å². The summed E-state index contributed by atoms with van der Waals surface area (Å²) in [5.74, 6) is 0.533. The van der Waals surface area contributed by atoms with Gasteiger partial charge in [-0.15, -0.1) is 0 Å². The first-order chi connectivity index (χ1) is 7.02. The van der Waals surface area contributed by atoms with Crippen molar-refractivity contribution in [2.75, 3.05) is 5.33 Å². The molecule has 0 aromatic heterocycles. The quantitative estimate of drug-likeness (QED) is 0.744. The molecule has 0 bridgehead atoms. The predicted octanol–water partition coefficient (Wildman–Crippen LogP) is 1.94. The molecule has 0 aliphatic carbocycles. The van der Waals surface area contributed by atoms with E-state index < -0.39 is 11.7 Å². The summed E-state index contributed by atoms with van der Waals surface area (Å²) in [5.41, 5.74) is 2.05. The highest BCUT2D eigenvalue weighted by Crippen LogP contribution is 2.30. The Labute approximate surface area is 92.4 Å². The number of alkyl halides is 4. The number of hydrazone groups is 1. The zero-order valence-corrected chi connectivity index (χ0v) is 9.01. The molecule has 0 amide bonds. The average molecular weight is 282 g/mol. The van der Waals surface area contributed by atoms with Gasteiger partial charge in [0, 0.05) is 6.20 Å². The maximum absolute atomic E-state index is 12.4.